The summed E-state index contributed by atoms with van der Waals surface area (Å²) in [7, 11) is 1.58. The highest BCUT2D eigenvalue weighted by Crippen LogP contribution is 2.35. The molecule has 4 amide bonds. The number of alkyl carbamates (subject to hydrolysis) is 1. The molecular weight excluding hydrogens is 642 g/mol. The topological polar surface area (TPSA) is 205 Å². The van der Waals surface area contributed by atoms with Crippen LogP contribution < -0.4 is 20.7 Å². The molecule has 2 aromatic rings. The Morgan fingerprint density at radius 2 is 1.57 bits per heavy atom. The lowest BCUT2D eigenvalue weighted by atomic mass is 10.0. The largest absolute Gasteiger partial charge is 0.513 e. The van der Waals surface area contributed by atoms with Crippen molar-refractivity contribution < 1.29 is 47.8 Å². The highest BCUT2D eigenvalue weighted by molar-refractivity contribution is 5.98. The molecule has 1 aliphatic carbocycles. The van der Waals surface area contributed by atoms with Crippen LogP contribution in [0.5, 0.6) is 5.75 Å². The Morgan fingerprint density at radius 1 is 0.939 bits per heavy atom. The van der Waals surface area contributed by atoms with Gasteiger partial charge in [0.1, 0.15) is 30.0 Å². The van der Waals surface area contributed by atoms with E-state index in [1.54, 1.807) is 65.9 Å². The van der Waals surface area contributed by atoms with Gasteiger partial charge in [0.15, 0.2) is 0 Å². The fraction of sp³-hybridized carbons (Fsp3) is 0.485. The Labute approximate surface area is 283 Å². The summed E-state index contributed by atoms with van der Waals surface area (Å²) < 4.78 is 20.8. The van der Waals surface area contributed by atoms with Gasteiger partial charge in [-0.1, -0.05) is 26.0 Å². The van der Waals surface area contributed by atoms with Crippen LogP contribution in [0.3, 0.4) is 0 Å². The Bertz CT molecular complexity index is 1510. The molecule has 266 valence electrons. The Balaban J connectivity index is 1.38. The predicted octanol–water partition coefficient (Wildman–Crippen LogP) is 4.76. The molecule has 1 aliphatic rings. The molecule has 3 N–H and O–H groups in total. The van der Waals surface area contributed by atoms with Crippen molar-refractivity contribution in [2.45, 2.75) is 78.3 Å². The Hall–Kier alpha value is -5.41. The maximum atomic E-state index is 12.8. The second kappa shape index (κ2) is 16.6. The van der Waals surface area contributed by atoms with Crippen LogP contribution in [-0.4, -0.2) is 77.4 Å². The average molecular weight is 686 g/mol. The average Bonchev–Trinajstić information content (AvgIpc) is 3.80. The van der Waals surface area contributed by atoms with Crippen LogP contribution in [0.25, 0.3) is 0 Å². The first-order valence-corrected chi connectivity index (χ1v) is 15.6. The first kappa shape index (κ1) is 38.0. The number of nitrogens with zero attached hydrogens (tertiary/aromatic N) is 2. The van der Waals surface area contributed by atoms with Crippen LogP contribution in [-0.2, 0) is 30.4 Å². The van der Waals surface area contributed by atoms with E-state index in [0.29, 0.717) is 17.7 Å². The summed E-state index contributed by atoms with van der Waals surface area (Å²) in [5.41, 5.74) is 0.250. The normalized spacial score (nSPS) is 16.3. The number of hydrogen-bond acceptors (Lipinski definition) is 11. The molecule has 1 fully saturated rings. The van der Waals surface area contributed by atoms with Crippen molar-refractivity contribution >= 4 is 41.5 Å². The summed E-state index contributed by atoms with van der Waals surface area (Å²) in [6.07, 6.45) is -1.66. The Kier molecular flexibility index (Phi) is 12.9. The number of carbonyl (C=O) groups excluding carboxylic acids is 5. The molecular formula is C33H43N5O11. The number of carbonyl (C=O) groups is 5. The molecule has 0 aliphatic heterocycles. The summed E-state index contributed by atoms with van der Waals surface area (Å²) in [4.78, 5) is 73.9. The first-order chi connectivity index (χ1) is 22.9. The number of ether oxygens (including phenoxy) is 4. The van der Waals surface area contributed by atoms with Crippen molar-refractivity contribution in [2.24, 2.45) is 11.8 Å². The predicted molar refractivity (Wildman–Crippen MR) is 176 cm³/mol. The van der Waals surface area contributed by atoms with E-state index in [1.807, 2.05) is 0 Å². The summed E-state index contributed by atoms with van der Waals surface area (Å²) in [5, 5.41) is 18.6. The molecule has 0 spiro atoms. The standard InChI is InChI=1S/C33H43N5O11/c1-19(2)27(36-30(41)49-33(4,5)6)29(40)34-20(3)28(39)35-23-10-8-21(9-11-23)17-46-31(42)37(7)26-16-22(26)18-47-32(43)48-25-14-12-24(13-15-25)38(44)45/h8-15,19-20,22,26-27H,16-18H2,1-7H3,(H,34,40)(H,35,39)(H,36,41)/t20-,22+,26+,27-/m0/s1. The van der Waals surface area contributed by atoms with Crippen LogP contribution in [0.15, 0.2) is 48.5 Å². The van der Waals surface area contributed by atoms with E-state index < -0.39 is 52.8 Å². The molecule has 3 rings (SSSR count). The van der Waals surface area contributed by atoms with Gasteiger partial charge in [0, 0.05) is 36.8 Å². The third-order valence-electron chi connectivity index (χ3n) is 7.29. The number of benzene rings is 2. The summed E-state index contributed by atoms with van der Waals surface area (Å²) in [6.45, 7) is 10.2. The smallest absolute Gasteiger partial charge is 0.445 e. The number of amides is 4. The molecule has 0 unspecified atom stereocenters. The monoisotopic (exact) mass is 685 g/mol. The fourth-order valence-electron chi connectivity index (χ4n) is 4.48. The zero-order valence-corrected chi connectivity index (χ0v) is 28.5. The fourth-order valence-corrected chi connectivity index (χ4v) is 4.48. The molecule has 1 saturated carbocycles. The molecule has 0 bridgehead atoms. The minimum Gasteiger partial charge on any atom is -0.445 e. The molecule has 16 heteroatoms. The molecule has 0 aromatic heterocycles. The van der Waals surface area contributed by atoms with Crippen LogP contribution in [0.4, 0.5) is 25.8 Å². The van der Waals surface area contributed by atoms with Gasteiger partial charge in [-0.15, -0.1) is 0 Å². The van der Waals surface area contributed by atoms with Gasteiger partial charge in [-0.3, -0.25) is 19.7 Å². The molecule has 16 nitrogen and oxygen atoms in total. The third kappa shape index (κ3) is 12.3. The number of nitrogens with one attached hydrogen (secondary N) is 3. The summed E-state index contributed by atoms with van der Waals surface area (Å²) in [6, 6.07) is 9.58. The van der Waals surface area contributed by atoms with E-state index in [9.17, 15) is 34.1 Å². The minimum atomic E-state index is -0.962. The molecule has 2 aromatic carbocycles. The van der Waals surface area contributed by atoms with Crippen molar-refractivity contribution in [3.63, 3.8) is 0 Å². The van der Waals surface area contributed by atoms with E-state index in [1.165, 1.54) is 36.1 Å². The first-order valence-electron chi connectivity index (χ1n) is 15.6. The quantitative estimate of drug-likeness (QED) is 0.0862. The Morgan fingerprint density at radius 3 is 2.14 bits per heavy atom. The lowest BCUT2D eigenvalue weighted by molar-refractivity contribution is -0.384. The number of non-ortho nitro benzene ring substituents is 1. The van der Waals surface area contributed by atoms with Crippen molar-refractivity contribution in [2.75, 3.05) is 19.0 Å². The van der Waals surface area contributed by atoms with Crippen molar-refractivity contribution in [1.82, 2.24) is 15.5 Å². The van der Waals surface area contributed by atoms with Crippen molar-refractivity contribution in [3.05, 3.63) is 64.2 Å². The van der Waals surface area contributed by atoms with E-state index in [-0.39, 0.29) is 42.5 Å². The maximum Gasteiger partial charge on any atom is 0.513 e. The number of nitro benzene ring substituents is 1. The maximum absolute atomic E-state index is 12.8. The van der Waals surface area contributed by atoms with Crippen LogP contribution >= 0.6 is 0 Å². The van der Waals surface area contributed by atoms with Crippen LogP contribution in [0, 0.1) is 22.0 Å². The van der Waals surface area contributed by atoms with E-state index in [4.69, 9.17) is 18.9 Å². The number of nitro groups is 1. The highest BCUT2D eigenvalue weighted by Gasteiger charge is 2.44. The van der Waals surface area contributed by atoms with Gasteiger partial charge in [-0.2, -0.15) is 0 Å². The second-order valence-electron chi connectivity index (χ2n) is 12.9. The molecule has 0 radical (unpaired) electrons. The van der Waals surface area contributed by atoms with Gasteiger partial charge in [0.05, 0.1) is 11.5 Å². The second-order valence-corrected chi connectivity index (χ2v) is 12.9. The molecule has 4 atom stereocenters. The minimum absolute atomic E-state index is 0.0187. The van der Waals surface area contributed by atoms with E-state index >= 15 is 0 Å². The van der Waals surface area contributed by atoms with E-state index in [2.05, 4.69) is 16.0 Å². The number of anilines is 1. The lowest BCUT2D eigenvalue weighted by Gasteiger charge is -2.26. The molecule has 0 heterocycles. The van der Waals surface area contributed by atoms with Gasteiger partial charge < -0.3 is 39.8 Å². The van der Waals surface area contributed by atoms with Crippen LogP contribution in [0.2, 0.25) is 0 Å². The zero-order valence-electron chi connectivity index (χ0n) is 28.5. The molecule has 49 heavy (non-hydrogen) atoms. The lowest BCUT2D eigenvalue weighted by Crippen LogP contribution is -2.54. The molecule has 0 saturated heterocycles. The number of rotatable bonds is 13. The van der Waals surface area contributed by atoms with Crippen molar-refractivity contribution in [3.8, 4) is 5.75 Å². The van der Waals surface area contributed by atoms with Gasteiger partial charge in [0.2, 0.25) is 11.8 Å². The summed E-state index contributed by atoms with van der Waals surface area (Å²) >= 11 is 0. The van der Waals surface area contributed by atoms with Gasteiger partial charge >= 0.3 is 18.3 Å². The third-order valence-corrected chi connectivity index (χ3v) is 7.29. The highest BCUT2D eigenvalue weighted by atomic mass is 16.7. The van der Waals surface area contributed by atoms with Crippen molar-refractivity contribution in [1.29, 1.82) is 0 Å². The van der Waals surface area contributed by atoms with Gasteiger partial charge in [-0.05, 0) is 69.9 Å². The SMILES string of the molecule is CC(C)[C@H](NC(=O)OC(C)(C)C)C(=O)N[C@@H](C)C(=O)Nc1ccc(COC(=O)N(C)[C@@H]2C[C@@H]2COC(=O)Oc2ccc([N+](=O)[O-])cc2)cc1. The van der Waals surface area contributed by atoms with Gasteiger partial charge in [-0.25, -0.2) is 14.4 Å². The van der Waals surface area contributed by atoms with Gasteiger partial charge in [0.25, 0.3) is 5.69 Å². The van der Waals surface area contributed by atoms with Crippen LogP contribution in [0.1, 0.15) is 53.5 Å². The zero-order chi connectivity index (χ0) is 36.5. The van der Waals surface area contributed by atoms with E-state index in [0.717, 1.165) is 0 Å². The summed E-state index contributed by atoms with van der Waals surface area (Å²) in [5.74, 6) is -1.27. The number of hydrogen-bond donors (Lipinski definition) is 3.